The van der Waals surface area contributed by atoms with Crippen molar-refractivity contribution in [2.24, 2.45) is 7.05 Å². The number of imidazole rings is 1. The van der Waals surface area contributed by atoms with Crippen LogP contribution in [0, 0.1) is 0 Å². The minimum Gasteiger partial charge on any atom is -0.383 e. The number of nitrogens with zero attached hydrogens (tertiary/aromatic N) is 4. The molecular formula is C14H22BrN5O. The molecule has 2 heterocycles. The molecule has 2 aromatic rings. The Morgan fingerprint density at radius 3 is 2.90 bits per heavy atom. The summed E-state index contributed by atoms with van der Waals surface area (Å²) in [4.78, 5) is 4.41. The van der Waals surface area contributed by atoms with Crippen molar-refractivity contribution in [1.29, 1.82) is 0 Å². The zero-order valence-corrected chi connectivity index (χ0v) is 14.4. The molecule has 21 heavy (non-hydrogen) atoms. The smallest absolute Gasteiger partial charge is 0.0953 e. The Balaban J connectivity index is 1.98. The predicted molar refractivity (Wildman–Crippen MR) is 85.2 cm³/mol. The molecule has 6 nitrogen and oxygen atoms in total. The molecule has 0 aliphatic heterocycles. The average molecular weight is 356 g/mol. The second-order valence-corrected chi connectivity index (χ2v) is 5.68. The van der Waals surface area contributed by atoms with Crippen LogP contribution in [0.25, 0.3) is 0 Å². The Bertz CT molecular complexity index is 578. The Morgan fingerprint density at radius 1 is 1.43 bits per heavy atom. The molecule has 116 valence electrons. The van der Waals surface area contributed by atoms with Crippen LogP contribution in [0.5, 0.6) is 0 Å². The van der Waals surface area contributed by atoms with Crippen LogP contribution in [0.3, 0.4) is 0 Å². The van der Waals surface area contributed by atoms with E-state index in [1.165, 1.54) is 0 Å². The van der Waals surface area contributed by atoms with Crippen molar-refractivity contribution >= 4 is 15.9 Å². The third kappa shape index (κ3) is 4.15. The van der Waals surface area contributed by atoms with Crippen molar-refractivity contribution in [2.75, 3.05) is 20.3 Å². The monoisotopic (exact) mass is 355 g/mol. The summed E-state index contributed by atoms with van der Waals surface area (Å²) in [6, 6.07) is 0. The number of methoxy groups -OCH3 is 1. The maximum Gasteiger partial charge on any atom is 0.0953 e. The SMILES string of the molecule is CCc1nn(C)c(Cn2cnc(CNCCOC)c2)c1Br. The summed E-state index contributed by atoms with van der Waals surface area (Å²) >= 11 is 3.64. The highest BCUT2D eigenvalue weighted by atomic mass is 79.9. The lowest BCUT2D eigenvalue weighted by molar-refractivity contribution is 0.199. The first kappa shape index (κ1) is 16.2. The first-order chi connectivity index (χ1) is 10.2. The fraction of sp³-hybridized carbons (Fsp3) is 0.571. The van der Waals surface area contributed by atoms with Crippen molar-refractivity contribution in [3.8, 4) is 0 Å². The summed E-state index contributed by atoms with van der Waals surface area (Å²) in [6.45, 7) is 5.16. The van der Waals surface area contributed by atoms with Crippen molar-refractivity contribution < 1.29 is 4.74 Å². The Morgan fingerprint density at radius 2 is 2.24 bits per heavy atom. The van der Waals surface area contributed by atoms with Gasteiger partial charge >= 0.3 is 0 Å². The quantitative estimate of drug-likeness (QED) is 0.732. The minimum absolute atomic E-state index is 0.711. The van der Waals surface area contributed by atoms with Gasteiger partial charge in [-0.3, -0.25) is 4.68 Å². The number of ether oxygens (including phenoxy) is 1. The predicted octanol–water partition coefficient (Wildman–Crippen LogP) is 1.73. The van der Waals surface area contributed by atoms with Crippen LogP contribution in [0.1, 0.15) is 24.0 Å². The molecule has 0 aromatic carbocycles. The van der Waals surface area contributed by atoms with Crippen LogP contribution < -0.4 is 5.32 Å². The van der Waals surface area contributed by atoms with Crippen LogP contribution in [0.4, 0.5) is 0 Å². The normalized spacial score (nSPS) is 11.2. The van der Waals surface area contributed by atoms with Gasteiger partial charge in [-0.2, -0.15) is 5.10 Å². The second-order valence-electron chi connectivity index (χ2n) is 4.89. The molecule has 0 unspecified atom stereocenters. The summed E-state index contributed by atoms with van der Waals surface area (Å²) in [5.41, 5.74) is 3.28. The molecule has 2 aromatic heterocycles. The number of hydrogen-bond acceptors (Lipinski definition) is 4. The van der Waals surface area contributed by atoms with Gasteiger partial charge in [-0.25, -0.2) is 4.98 Å². The molecule has 0 spiro atoms. The maximum absolute atomic E-state index is 5.00. The number of aromatic nitrogens is 4. The van der Waals surface area contributed by atoms with Gasteiger partial charge in [0.25, 0.3) is 0 Å². The summed E-state index contributed by atoms with van der Waals surface area (Å²) in [7, 11) is 3.68. The van der Waals surface area contributed by atoms with Crippen LogP contribution >= 0.6 is 15.9 Å². The lowest BCUT2D eigenvalue weighted by Gasteiger charge is -2.04. The number of halogens is 1. The van der Waals surface area contributed by atoms with E-state index in [4.69, 9.17) is 4.74 Å². The first-order valence-electron chi connectivity index (χ1n) is 7.06. The molecule has 0 aliphatic rings. The van der Waals surface area contributed by atoms with E-state index in [2.05, 4.69) is 49.0 Å². The van der Waals surface area contributed by atoms with Gasteiger partial charge < -0.3 is 14.6 Å². The second kappa shape index (κ2) is 7.72. The molecule has 2 rings (SSSR count). The highest BCUT2D eigenvalue weighted by Crippen LogP contribution is 2.22. The minimum atomic E-state index is 0.711. The van der Waals surface area contributed by atoms with E-state index in [-0.39, 0.29) is 0 Å². The summed E-state index contributed by atoms with van der Waals surface area (Å²) in [5, 5.41) is 7.80. The molecule has 7 heteroatoms. The number of aryl methyl sites for hydroxylation is 2. The molecule has 0 radical (unpaired) electrons. The van der Waals surface area contributed by atoms with Gasteiger partial charge in [0.1, 0.15) is 0 Å². The third-order valence-electron chi connectivity index (χ3n) is 3.31. The highest BCUT2D eigenvalue weighted by Gasteiger charge is 2.13. The van der Waals surface area contributed by atoms with Crippen LogP contribution in [-0.2, 0) is 31.3 Å². The first-order valence-corrected chi connectivity index (χ1v) is 7.85. The molecule has 0 saturated carbocycles. The number of nitrogens with one attached hydrogen (secondary N) is 1. The largest absolute Gasteiger partial charge is 0.383 e. The van der Waals surface area contributed by atoms with Crippen molar-refractivity contribution in [2.45, 2.75) is 26.4 Å². The average Bonchev–Trinajstić information content (AvgIpc) is 3.03. The Hall–Kier alpha value is -1.18. The molecule has 0 saturated heterocycles. The molecular weight excluding hydrogens is 334 g/mol. The molecule has 1 N–H and O–H groups in total. The fourth-order valence-electron chi connectivity index (χ4n) is 2.14. The third-order valence-corrected chi connectivity index (χ3v) is 4.23. The number of hydrogen-bond donors (Lipinski definition) is 1. The molecule has 0 amide bonds. The summed E-state index contributed by atoms with van der Waals surface area (Å²) in [6.07, 6.45) is 4.84. The Labute approximate surface area is 133 Å². The zero-order chi connectivity index (χ0) is 15.2. The van der Waals surface area contributed by atoms with Gasteiger partial charge in [0.2, 0.25) is 0 Å². The maximum atomic E-state index is 5.00. The van der Waals surface area contributed by atoms with E-state index < -0.39 is 0 Å². The van der Waals surface area contributed by atoms with E-state index >= 15 is 0 Å². The fourth-order valence-corrected chi connectivity index (χ4v) is 2.88. The van der Waals surface area contributed by atoms with Crippen LogP contribution in [-0.4, -0.2) is 39.6 Å². The molecule has 0 bridgehead atoms. The molecule has 0 atom stereocenters. The number of rotatable bonds is 8. The summed E-state index contributed by atoms with van der Waals surface area (Å²) in [5.74, 6) is 0. The van der Waals surface area contributed by atoms with Crippen LogP contribution in [0.2, 0.25) is 0 Å². The topological polar surface area (TPSA) is 56.9 Å². The van der Waals surface area contributed by atoms with Crippen molar-refractivity contribution in [1.82, 2.24) is 24.6 Å². The van der Waals surface area contributed by atoms with Crippen molar-refractivity contribution in [3.05, 3.63) is 34.1 Å². The Kier molecular flexibility index (Phi) is 5.96. The van der Waals surface area contributed by atoms with E-state index in [0.29, 0.717) is 6.61 Å². The van der Waals surface area contributed by atoms with Gasteiger partial charge in [-0.05, 0) is 22.4 Å². The summed E-state index contributed by atoms with van der Waals surface area (Å²) < 4.78 is 10.1. The zero-order valence-electron chi connectivity index (χ0n) is 12.8. The van der Waals surface area contributed by atoms with E-state index in [9.17, 15) is 0 Å². The van der Waals surface area contributed by atoms with Gasteiger partial charge in [-0.1, -0.05) is 6.92 Å². The van der Waals surface area contributed by atoms with Crippen LogP contribution in [0.15, 0.2) is 17.0 Å². The van der Waals surface area contributed by atoms with E-state index in [1.807, 2.05) is 18.1 Å². The van der Waals surface area contributed by atoms with E-state index in [1.54, 1.807) is 7.11 Å². The molecule has 0 aliphatic carbocycles. The van der Waals surface area contributed by atoms with Gasteiger partial charge in [0.15, 0.2) is 0 Å². The van der Waals surface area contributed by atoms with Crippen molar-refractivity contribution in [3.63, 3.8) is 0 Å². The van der Waals surface area contributed by atoms with Gasteiger partial charge in [0.05, 0.1) is 41.0 Å². The standard InChI is InChI=1S/C14H22BrN5O/c1-4-12-14(15)13(19(2)18-12)9-20-8-11(17-10-20)7-16-5-6-21-3/h8,10,16H,4-7,9H2,1-3H3. The van der Waals surface area contributed by atoms with E-state index in [0.717, 1.165) is 47.6 Å². The molecule has 0 fully saturated rings. The highest BCUT2D eigenvalue weighted by molar-refractivity contribution is 9.10. The lowest BCUT2D eigenvalue weighted by Crippen LogP contribution is -2.18. The van der Waals surface area contributed by atoms with Gasteiger partial charge in [-0.15, -0.1) is 0 Å². The lowest BCUT2D eigenvalue weighted by atomic mass is 10.3. The van der Waals surface area contributed by atoms with Gasteiger partial charge in [0, 0.05) is 33.4 Å².